The molecule has 2 fully saturated rings. The van der Waals surface area contributed by atoms with Crippen molar-refractivity contribution in [2.75, 3.05) is 13.7 Å². The van der Waals surface area contributed by atoms with Crippen molar-refractivity contribution >= 4 is 0 Å². The third kappa shape index (κ3) is 3.25. The van der Waals surface area contributed by atoms with Crippen LogP contribution in [-0.2, 0) is 4.74 Å². The van der Waals surface area contributed by atoms with E-state index in [1.165, 1.54) is 32.1 Å². The molecule has 0 aliphatic heterocycles. The number of hydrogen-bond donors (Lipinski definition) is 2. The Bertz CT molecular complexity index is 270. The minimum absolute atomic E-state index is 0.181. The van der Waals surface area contributed by atoms with Crippen molar-refractivity contribution in [1.82, 2.24) is 5.32 Å². The zero-order chi connectivity index (χ0) is 13.2. The van der Waals surface area contributed by atoms with Gasteiger partial charge in [0.2, 0.25) is 0 Å². The fourth-order valence-electron chi connectivity index (χ4n) is 3.78. The van der Waals surface area contributed by atoms with Crippen LogP contribution >= 0.6 is 0 Å². The molecular weight excluding hydrogens is 224 g/mol. The van der Waals surface area contributed by atoms with Gasteiger partial charge in [-0.1, -0.05) is 13.8 Å². The van der Waals surface area contributed by atoms with Crippen LogP contribution < -0.4 is 11.1 Å². The molecule has 106 valence electrons. The van der Waals surface area contributed by atoms with Gasteiger partial charge in [0.25, 0.3) is 0 Å². The molecule has 3 nitrogen and oxygen atoms in total. The van der Waals surface area contributed by atoms with E-state index in [0.717, 1.165) is 19.4 Å². The first-order chi connectivity index (χ1) is 8.49. The highest BCUT2D eigenvalue weighted by atomic mass is 16.5. The number of ether oxygens (including phenoxy) is 1. The first-order valence-corrected chi connectivity index (χ1v) is 7.49. The fraction of sp³-hybridized carbons (Fsp3) is 1.00. The molecule has 0 saturated heterocycles. The van der Waals surface area contributed by atoms with Gasteiger partial charge in [-0.05, 0) is 50.4 Å². The molecule has 0 heterocycles. The van der Waals surface area contributed by atoms with E-state index in [-0.39, 0.29) is 5.54 Å². The van der Waals surface area contributed by atoms with Gasteiger partial charge < -0.3 is 15.8 Å². The van der Waals surface area contributed by atoms with Gasteiger partial charge in [-0.25, -0.2) is 0 Å². The van der Waals surface area contributed by atoms with E-state index in [9.17, 15) is 0 Å². The number of rotatable bonds is 4. The molecule has 3 N–H and O–H groups in total. The van der Waals surface area contributed by atoms with Gasteiger partial charge in [0.1, 0.15) is 0 Å². The van der Waals surface area contributed by atoms with Crippen molar-refractivity contribution in [3.05, 3.63) is 0 Å². The largest absolute Gasteiger partial charge is 0.381 e. The van der Waals surface area contributed by atoms with Gasteiger partial charge in [0.05, 0.1) is 6.10 Å². The van der Waals surface area contributed by atoms with Crippen LogP contribution in [0.25, 0.3) is 0 Å². The molecule has 0 spiro atoms. The number of methoxy groups -OCH3 is 1. The fourth-order valence-corrected chi connectivity index (χ4v) is 3.78. The summed E-state index contributed by atoms with van der Waals surface area (Å²) in [6.45, 7) is 5.53. The maximum atomic E-state index is 6.07. The summed E-state index contributed by atoms with van der Waals surface area (Å²) in [5.41, 5.74) is 6.76. The predicted octanol–water partition coefficient (Wildman–Crippen LogP) is 2.44. The van der Waals surface area contributed by atoms with Crippen molar-refractivity contribution in [3.8, 4) is 0 Å². The molecule has 3 heteroatoms. The van der Waals surface area contributed by atoms with Gasteiger partial charge in [-0.3, -0.25) is 0 Å². The number of hydrogen-bond acceptors (Lipinski definition) is 3. The summed E-state index contributed by atoms with van der Waals surface area (Å²) in [7, 11) is 1.83. The second kappa shape index (κ2) is 5.48. The van der Waals surface area contributed by atoms with E-state index < -0.39 is 0 Å². The Balaban J connectivity index is 1.90. The molecule has 2 saturated carbocycles. The molecule has 1 unspecified atom stereocenters. The Morgan fingerprint density at radius 1 is 1.17 bits per heavy atom. The Hall–Kier alpha value is -0.120. The van der Waals surface area contributed by atoms with Crippen LogP contribution in [0.1, 0.15) is 58.8 Å². The van der Waals surface area contributed by atoms with Crippen LogP contribution in [-0.4, -0.2) is 31.3 Å². The molecular formula is C15H30N2O. The Labute approximate surface area is 112 Å². The highest BCUT2D eigenvalue weighted by Crippen LogP contribution is 2.39. The average molecular weight is 254 g/mol. The molecule has 1 atom stereocenters. The number of nitrogens with two attached hydrogens (primary N) is 1. The molecule has 0 aromatic rings. The molecule has 0 aromatic carbocycles. The summed E-state index contributed by atoms with van der Waals surface area (Å²) in [5.74, 6) is 0. The van der Waals surface area contributed by atoms with Gasteiger partial charge >= 0.3 is 0 Å². The Kier molecular flexibility index (Phi) is 4.35. The molecule has 2 rings (SSSR count). The zero-order valence-electron chi connectivity index (χ0n) is 12.3. The minimum atomic E-state index is 0.181. The van der Waals surface area contributed by atoms with Gasteiger partial charge in [0.15, 0.2) is 0 Å². The summed E-state index contributed by atoms with van der Waals surface area (Å²) in [5, 5.41) is 3.90. The van der Waals surface area contributed by atoms with E-state index in [1.807, 2.05) is 7.11 Å². The van der Waals surface area contributed by atoms with E-state index in [4.69, 9.17) is 10.5 Å². The molecule has 2 aliphatic carbocycles. The zero-order valence-corrected chi connectivity index (χ0v) is 12.3. The van der Waals surface area contributed by atoms with E-state index in [1.54, 1.807) is 0 Å². The highest BCUT2D eigenvalue weighted by Gasteiger charge is 2.39. The van der Waals surface area contributed by atoms with E-state index in [0.29, 0.717) is 17.6 Å². The van der Waals surface area contributed by atoms with Crippen LogP contribution in [0.5, 0.6) is 0 Å². The van der Waals surface area contributed by atoms with Gasteiger partial charge in [-0.15, -0.1) is 0 Å². The monoisotopic (exact) mass is 254 g/mol. The summed E-state index contributed by atoms with van der Waals surface area (Å²) in [6.07, 6.45) is 9.02. The van der Waals surface area contributed by atoms with Crippen molar-refractivity contribution in [3.63, 3.8) is 0 Å². The quantitative estimate of drug-likeness (QED) is 0.810. The molecule has 0 radical (unpaired) electrons. The maximum absolute atomic E-state index is 6.07. The third-order valence-corrected chi connectivity index (χ3v) is 5.09. The van der Waals surface area contributed by atoms with Crippen molar-refractivity contribution in [2.24, 2.45) is 11.1 Å². The lowest BCUT2D eigenvalue weighted by Gasteiger charge is -2.42. The molecule has 0 amide bonds. The van der Waals surface area contributed by atoms with Crippen LogP contribution in [0.3, 0.4) is 0 Å². The molecule has 2 aliphatic rings. The lowest BCUT2D eigenvalue weighted by atomic mass is 9.79. The average Bonchev–Trinajstić information content (AvgIpc) is 2.69. The Morgan fingerprint density at radius 2 is 1.83 bits per heavy atom. The minimum Gasteiger partial charge on any atom is -0.381 e. The van der Waals surface area contributed by atoms with Gasteiger partial charge in [0, 0.05) is 25.2 Å². The van der Waals surface area contributed by atoms with E-state index in [2.05, 4.69) is 19.2 Å². The SMILES string of the molecule is COC1CCC(CN)(NC2CCC(C)(C)C2)CC1. The first-order valence-electron chi connectivity index (χ1n) is 7.49. The summed E-state index contributed by atoms with van der Waals surface area (Å²) in [6, 6.07) is 0.669. The van der Waals surface area contributed by atoms with Crippen LogP contribution in [0, 0.1) is 5.41 Å². The molecule has 0 aromatic heterocycles. The normalized spacial score (nSPS) is 40.0. The summed E-state index contributed by atoms with van der Waals surface area (Å²) >= 11 is 0. The maximum Gasteiger partial charge on any atom is 0.0572 e. The first kappa shape index (κ1) is 14.3. The van der Waals surface area contributed by atoms with Crippen LogP contribution in [0.2, 0.25) is 0 Å². The van der Waals surface area contributed by atoms with Crippen molar-refractivity contribution in [2.45, 2.75) is 76.5 Å². The second-order valence-corrected chi connectivity index (χ2v) is 7.17. The lowest BCUT2D eigenvalue weighted by molar-refractivity contribution is 0.0400. The highest BCUT2D eigenvalue weighted by molar-refractivity contribution is 4.99. The van der Waals surface area contributed by atoms with Crippen molar-refractivity contribution in [1.29, 1.82) is 0 Å². The topological polar surface area (TPSA) is 47.3 Å². The van der Waals surface area contributed by atoms with Crippen molar-refractivity contribution < 1.29 is 4.74 Å². The lowest BCUT2D eigenvalue weighted by Crippen LogP contribution is -2.57. The third-order valence-electron chi connectivity index (χ3n) is 5.09. The summed E-state index contributed by atoms with van der Waals surface area (Å²) < 4.78 is 5.46. The second-order valence-electron chi connectivity index (χ2n) is 7.17. The predicted molar refractivity (Wildman–Crippen MR) is 75.6 cm³/mol. The van der Waals surface area contributed by atoms with Gasteiger partial charge in [-0.2, -0.15) is 0 Å². The Morgan fingerprint density at radius 3 is 2.28 bits per heavy atom. The smallest absolute Gasteiger partial charge is 0.0572 e. The van der Waals surface area contributed by atoms with Crippen LogP contribution in [0.15, 0.2) is 0 Å². The standard InChI is InChI=1S/C15H30N2O/c1-14(2)7-4-12(10-14)17-15(11-16)8-5-13(18-3)6-9-15/h12-13,17H,4-11,16H2,1-3H3. The molecule has 0 bridgehead atoms. The van der Waals surface area contributed by atoms with E-state index >= 15 is 0 Å². The summed E-state index contributed by atoms with van der Waals surface area (Å²) in [4.78, 5) is 0. The molecule has 18 heavy (non-hydrogen) atoms. The number of nitrogens with one attached hydrogen (secondary N) is 1. The van der Waals surface area contributed by atoms with Crippen LogP contribution in [0.4, 0.5) is 0 Å².